The first-order chi connectivity index (χ1) is 8.19. The molecule has 1 aromatic carbocycles. The SMILES string of the molecule is COC1CCCC(Nc2ccc(Cl)cc2F)C1. The molecule has 1 aliphatic rings. The maximum absolute atomic E-state index is 13.6. The highest BCUT2D eigenvalue weighted by Gasteiger charge is 2.22. The van der Waals surface area contributed by atoms with Gasteiger partial charge in [0.15, 0.2) is 0 Å². The third-order valence-electron chi connectivity index (χ3n) is 3.25. The molecule has 1 fully saturated rings. The molecule has 0 heterocycles. The number of hydrogen-bond donors (Lipinski definition) is 1. The standard InChI is InChI=1S/C13H17ClFNO/c1-17-11-4-2-3-10(8-11)16-13-6-5-9(14)7-12(13)15/h5-7,10-11,16H,2-4,8H2,1H3. The van der Waals surface area contributed by atoms with E-state index in [1.807, 2.05) is 0 Å². The Kier molecular flexibility index (Phi) is 4.24. The number of hydrogen-bond acceptors (Lipinski definition) is 2. The third-order valence-corrected chi connectivity index (χ3v) is 3.49. The number of benzene rings is 1. The van der Waals surface area contributed by atoms with Gasteiger partial charge in [0.25, 0.3) is 0 Å². The van der Waals surface area contributed by atoms with Gasteiger partial charge in [-0.05, 0) is 43.9 Å². The summed E-state index contributed by atoms with van der Waals surface area (Å²) in [5.41, 5.74) is 0.524. The Hall–Kier alpha value is -0.800. The van der Waals surface area contributed by atoms with Crippen LogP contribution >= 0.6 is 11.6 Å². The fourth-order valence-electron chi connectivity index (χ4n) is 2.32. The second-order valence-corrected chi connectivity index (χ2v) is 4.93. The minimum Gasteiger partial charge on any atom is -0.381 e. The highest BCUT2D eigenvalue weighted by Crippen LogP contribution is 2.26. The summed E-state index contributed by atoms with van der Waals surface area (Å²) in [6.07, 6.45) is 4.49. The quantitative estimate of drug-likeness (QED) is 0.888. The Bertz CT molecular complexity index is 386. The monoisotopic (exact) mass is 257 g/mol. The minimum atomic E-state index is -0.294. The first kappa shape index (κ1) is 12.7. The van der Waals surface area contributed by atoms with Crippen LogP contribution in [-0.2, 0) is 4.74 Å². The molecule has 4 heteroatoms. The maximum Gasteiger partial charge on any atom is 0.147 e. The van der Waals surface area contributed by atoms with Gasteiger partial charge in [0.05, 0.1) is 11.8 Å². The molecule has 0 radical (unpaired) electrons. The summed E-state index contributed by atoms with van der Waals surface area (Å²) >= 11 is 5.72. The van der Waals surface area contributed by atoms with E-state index in [0.29, 0.717) is 10.7 Å². The summed E-state index contributed by atoms with van der Waals surface area (Å²) in [6.45, 7) is 0. The highest BCUT2D eigenvalue weighted by atomic mass is 35.5. The van der Waals surface area contributed by atoms with Crippen molar-refractivity contribution in [3.8, 4) is 0 Å². The van der Waals surface area contributed by atoms with Crippen LogP contribution in [0.4, 0.5) is 10.1 Å². The van der Waals surface area contributed by atoms with E-state index in [9.17, 15) is 4.39 Å². The lowest BCUT2D eigenvalue weighted by molar-refractivity contribution is 0.0669. The molecule has 2 atom stereocenters. The molecule has 2 nitrogen and oxygen atoms in total. The predicted molar refractivity (Wildman–Crippen MR) is 68.1 cm³/mol. The van der Waals surface area contributed by atoms with Gasteiger partial charge in [0.1, 0.15) is 5.82 Å². The van der Waals surface area contributed by atoms with Gasteiger partial charge in [-0.1, -0.05) is 11.6 Å². The van der Waals surface area contributed by atoms with Crippen molar-refractivity contribution in [1.29, 1.82) is 0 Å². The van der Waals surface area contributed by atoms with Crippen LogP contribution in [-0.4, -0.2) is 19.3 Å². The summed E-state index contributed by atoms with van der Waals surface area (Å²) in [6, 6.07) is 5.00. The number of rotatable bonds is 3. The Morgan fingerprint density at radius 3 is 2.94 bits per heavy atom. The van der Waals surface area contributed by atoms with Crippen LogP contribution in [0.15, 0.2) is 18.2 Å². The molecular formula is C13H17ClFNO. The van der Waals surface area contributed by atoms with Crippen LogP contribution in [0, 0.1) is 5.82 Å². The summed E-state index contributed by atoms with van der Waals surface area (Å²) in [4.78, 5) is 0. The van der Waals surface area contributed by atoms with Crippen LogP contribution in [0.5, 0.6) is 0 Å². The Morgan fingerprint density at radius 1 is 1.41 bits per heavy atom. The van der Waals surface area contributed by atoms with Gasteiger partial charge in [-0.2, -0.15) is 0 Å². The van der Waals surface area contributed by atoms with Crippen molar-refractivity contribution < 1.29 is 9.13 Å². The van der Waals surface area contributed by atoms with Crippen molar-refractivity contribution in [2.75, 3.05) is 12.4 Å². The van der Waals surface area contributed by atoms with Crippen LogP contribution < -0.4 is 5.32 Å². The average molecular weight is 258 g/mol. The largest absolute Gasteiger partial charge is 0.381 e. The average Bonchev–Trinajstić information content (AvgIpc) is 2.33. The number of methoxy groups -OCH3 is 1. The van der Waals surface area contributed by atoms with Gasteiger partial charge in [-0.25, -0.2) is 4.39 Å². The molecule has 0 saturated heterocycles. The van der Waals surface area contributed by atoms with E-state index >= 15 is 0 Å². The number of ether oxygens (including phenoxy) is 1. The van der Waals surface area contributed by atoms with Crippen molar-refractivity contribution in [3.63, 3.8) is 0 Å². The van der Waals surface area contributed by atoms with Crippen molar-refractivity contribution in [2.45, 2.75) is 37.8 Å². The molecule has 1 N–H and O–H groups in total. The Labute approximate surface area is 106 Å². The Balaban J connectivity index is 2.00. The first-order valence-electron chi connectivity index (χ1n) is 5.93. The zero-order valence-electron chi connectivity index (χ0n) is 9.88. The topological polar surface area (TPSA) is 21.3 Å². The number of halogens is 2. The maximum atomic E-state index is 13.6. The van der Waals surface area contributed by atoms with Crippen LogP contribution in [0.3, 0.4) is 0 Å². The van der Waals surface area contributed by atoms with Crippen molar-refractivity contribution >= 4 is 17.3 Å². The molecule has 2 unspecified atom stereocenters. The van der Waals surface area contributed by atoms with Crippen LogP contribution in [0.25, 0.3) is 0 Å². The molecule has 1 saturated carbocycles. The first-order valence-corrected chi connectivity index (χ1v) is 6.31. The normalized spacial score (nSPS) is 24.6. The Morgan fingerprint density at radius 2 is 2.24 bits per heavy atom. The van der Waals surface area contributed by atoms with Crippen LogP contribution in [0.2, 0.25) is 5.02 Å². The van der Waals surface area contributed by atoms with E-state index in [2.05, 4.69) is 5.32 Å². The lowest BCUT2D eigenvalue weighted by atomic mass is 9.92. The molecule has 17 heavy (non-hydrogen) atoms. The molecule has 94 valence electrons. The van der Waals surface area contributed by atoms with E-state index in [4.69, 9.17) is 16.3 Å². The summed E-state index contributed by atoms with van der Waals surface area (Å²) in [5, 5.41) is 3.65. The number of nitrogens with one attached hydrogen (secondary N) is 1. The van der Waals surface area contributed by atoms with E-state index in [1.165, 1.54) is 6.07 Å². The van der Waals surface area contributed by atoms with Crippen LogP contribution in [0.1, 0.15) is 25.7 Å². The third kappa shape index (κ3) is 3.33. The van der Waals surface area contributed by atoms with Gasteiger partial charge in [0.2, 0.25) is 0 Å². The zero-order chi connectivity index (χ0) is 12.3. The predicted octanol–water partition coefficient (Wildman–Crippen LogP) is 3.85. The van der Waals surface area contributed by atoms with Gasteiger partial charge in [-0.15, -0.1) is 0 Å². The lowest BCUT2D eigenvalue weighted by Crippen LogP contribution is -2.31. The molecule has 1 aromatic rings. The molecular weight excluding hydrogens is 241 g/mol. The number of anilines is 1. The molecule has 1 aliphatic carbocycles. The fraction of sp³-hybridized carbons (Fsp3) is 0.538. The smallest absolute Gasteiger partial charge is 0.147 e. The fourth-order valence-corrected chi connectivity index (χ4v) is 2.48. The molecule has 0 aliphatic heterocycles. The van der Waals surface area contributed by atoms with Crippen molar-refractivity contribution in [2.24, 2.45) is 0 Å². The van der Waals surface area contributed by atoms with Crippen molar-refractivity contribution in [3.05, 3.63) is 29.0 Å². The summed E-state index contributed by atoms with van der Waals surface area (Å²) < 4.78 is 19.0. The molecule has 0 bridgehead atoms. The summed E-state index contributed by atoms with van der Waals surface area (Å²) in [5.74, 6) is -0.294. The second kappa shape index (κ2) is 5.69. The van der Waals surface area contributed by atoms with Gasteiger partial charge < -0.3 is 10.1 Å². The highest BCUT2D eigenvalue weighted by molar-refractivity contribution is 6.30. The van der Waals surface area contributed by atoms with E-state index in [-0.39, 0.29) is 18.0 Å². The van der Waals surface area contributed by atoms with Gasteiger partial charge >= 0.3 is 0 Å². The van der Waals surface area contributed by atoms with Gasteiger partial charge in [0, 0.05) is 18.2 Å². The minimum absolute atomic E-state index is 0.282. The van der Waals surface area contributed by atoms with E-state index in [1.54, 1.807) is 19.2 Å². The van der Waals surface area contributed by atoms with E-state index in [0.717, 1.165) is 25.7 Å². The molecule has 0 spiro atoms. The summed E-state index contributed by atoms with van der Waals surface area (Å²) in [7, 11) is 1.73. The molecule has 0 amide bonds. The zero-order valence-corrected chi connectivity index (χ0v) is 10.6. The van der Waals surface area contributed by atoms with Gasteiger partial charge in [-0.3, -0.25) is 0 Å². The second-order valence-electron chi connectivity index (χ2n) is 4.49. The lowest BCUT2D eigenvalue weighted by Gasteiger charge is -2.29. The molecule has 0 aromatic heterocycles. The molecule has 2 rings (SSSR count). The van der Waals surface area contributed by atoms with E-state index < -0.39 is 0 Å². The van der Waals surface area contributed by atoms with Crippen molar-refractivity contribution in [1.82, 2.24) is 0 Å².